The van der Waals surface area contributed by atoms with Gasteiger partial charge in [0, 0.05) is 17.1 Å². The van der Waals surface area contributed by atoms with Gasteiger partial charge in [-0.2, -0.15) is 4.98 Å². The summed E-state index contributed by atoms with van der Waals surface area (Å²) in [6.45, 7) is 4.73. The lowest BCUT2D eigenvalue weighted by molar-refractivity contribution is 0.380. The average Bonchev–Trinajstić information content (AvgIpc) is 3.21. The molecular weight excluding hydrogens is 536 g/mol. The molecule has 1 unspecified atom stereocenters. The maximum absolute atomic E-state index is 14.0. The van der Waals surface area contributed by atoms with E-state index >= 15 is 0 Å². The molecule has 0 bridgehead atoms. The minimum atomic E-state index is -0.411. The standard InChI is InChI=1S/C21H23ClFN5O2.HI/c1-4-24-21(26-13(2)15-7-10-18(29-3)17(23)11-15)25-12-19-27-20(28-30-19)14-5-8-16(22)9-6-14;/h5-11,13H,4,12H2,1-3H3,(H2,24,25,26);1H. The Balaban J connectivity index is 0.00000341. The van der Waals surface area contributed by atoms with Crippen LogP contribution >= 0.6 is 35.6 Å². The number of rotatable bonds is 7. The van der Waals surface area contributed by atoms with Crippen LogP contribution in [0.15, 0.2) is 52.0 Å². The Kier molecular flexibility index (Phi) is 9.50. The van der Waals surface area contributed by atoms with E-state index in [1.165, 1.54) is 13.2 Å². The molecule has 0 aliphatic heterocycles. The summed E-state index contributed by atoms with van der Waals surface area (Å²) in [6.07, 6.45) is 0. The lowest BCUT2D eigenvalue weighted by Gasteiger charge is -2.18. The predicted molar refractivity (Wildman–Crippen MR) is 129 cm³/mol. The van der Waals surface area contributed by atoms with E-state index in [1.807, 2.05) is 26.0 Å². The van der Waals surface area contributed by atoms with Crippen LogP contribution in [0.3, 0.4) is 0 Å². The van der Waals surface area contributed by atoms with Gasteiger partial charge >= 0.3 is 0 Å². The number of benzene rings is 2. The van der Waals surface area contributed by atoms with Crippen LogP contribution in [0.1, 0.15) is 31.3 Å². The molecule has 3 rings (SSSR count). The first-order chi connectivity index (χ1) is 14.5. The fraction of sp³-hybridized carbons (Fsp3) is 0.286. The number of nitrogens with one attached hydrogen (secondary N) is 2. The quantitative estimate of drug-likeness (QED) is 0.242. The molecule has 10 heteroatoms. The molecule has 1 heterocycles. The summed E-state index contributed by atoms with van der Waals surface area (Å²) in [5.74, 6) is 1.19. The van der Waals surface area contributed by atoms with Crippen LogP contribution in [-0.4, -0.2) is 29.8 Å². The first kappa shape index (κ1) is 24.9. The molecule has 0 aliphatic rings. The Hall–Kier alpha value is -2.40. The fourth-order valence-electron chi connectivity index (χ4n) is 2.74. The zero-order valence-electron chi connectivity index (χ0n) is 17.4. The minimum Gasteiger partial charge on any atom is -0.494 e. The van der Waals surface area contributed by atoms with Crippen molar-refractivity contribution in [3.05, 3.63) is 64.8 Å². The van der Waals surface area contributed by atoms with Crippen molar-refractivity contribution in [2.24, 2.45) is 4.99 Å². The maximum Gasteiger partial charge on any atom is 0.248 e. The Morgan fingerprint density at radius 1 is 1.26 bits per heavy atom. The number of aliphatic imine (C=N–C) groups is 1. The van der Waals surface area contributed by atoms with E-state index in [-0.39, 0.29) is 42.3 Å². The zero-order chi connectivity index (χ0) is 21.5. The van der Waals surface area contributed by atoms with Gasteiger partial charge in [0.2, 0.25) is 11.7 Å². The van der Waals surface area contributed by atoms with Gasteiger partial charge in [0.15, 0.2) is 17.5 Å². The Bertz CT molecular complexity index is 1010. The largest absolute Gasteiger partial charge is 0.494 e. The van der Waals surface area contributed by atoms with Crippen LogP contribution in [0.2, 0.25) is 5.02 Å². The van der Waals surface area contributed by atoms with Crippen molar-refractivity contribution in [2.45, 2.75) is 26.4 Å². The first-order valence-corrected chi connectivity index (χ1v) is 9.84. The summed E-state index contributed by atoms with van der Waals surface area (Å²) in [5, 5.41) is 11.0. The van der Waals surface area contributed by atoms with E-state index in [2.05, 4.69) is 25.8 Å². The number of aromatic nitrogens is 2. The van der Waals surface area contributed by atoms with Crippen molar-refractivity contribution in [1.82, 2.24) is 20.8 Å². The average molecular weight is 560 g/mol. The molecule has 0 saturated heterocycles. The van der Waals surface area contributed by atoms with Crippen LogP contribution in [0, 0.1) is 5.82 Å². The molecule has 31 heavy (non-hydrogen) atoms. The van der Waals surface area contributed by atoms with Gasteiger partial charge in [0.05, 0.1) is 13.2 Å². The smallest absolute Gasteiger partial charge is 0.248 e. The Labute approximate surface area is 202 Å². The Morgan fingerprint density at radius 3 is 2.65 bits per heavy atom. The van der Waals surface area contributed by atoms with Gasteiger partial charge in [-0.05, 0) is 55.8 Å². The second-order valence-electron chi connectivity index (χ2n) is 6.47. The van der Waals surface area contributed by atoms with Gasteiger partial charge in [0.25, 0.3) is 0 Å². The van der Waals surface area contributed by atoms with Gasteiger partial charge in [-0.3, -0.25) is 0 Å². The van der Waals surface area contributed by atoms with Crippen LogP contribution in [0.25, 0.3) is 11.4 Å². The minimum absolute atomic E-state index is 0. The van der Waals surface area contributed by atoms with E-state index < -0.39 is 5.82 Å². The number of ether oxygens (including phenoxy) is 1. The van der Waals surface area contributed by atoms with Gasteiger partial charge in [-0.1, -0.05) is 22.8 Å². The van der Waals surface area contributed by atoms with Gasteiger partial charge in [-0.25, -0.2) is 9.38 Å². The molecule has 1 aromatic heterocycles. The Morgan fingerprint density at radius 2 is 2.00 bits per heavy atom. The van der Waals surface area contributed by atoms with Crippen molar-refractivity contribution in [1.29, 1.82) is 0 Å². The normalized spacial score (nSPS) is 12.1. The molecule has 0 aliphatic carbocycles. The second-order valence-corrected chi connectivity index (χ2v) is 6.91. The highest BCUT2D eigenvalue weighted by Gasteiger charge is 2.12. The predicted octanol–water partition coefficient (Wildman–Crippen LogP) is 4.97. The molecular formula is C21H24ClFIN5O2. The molecule has 0 fully saturated rings. The number of nitrogens with zero attached hydrogens (tertiary/aromatic N) is 3. The second kappa shape index (κ2) is 11.8. The highest BCUT2D eigenvalue weighted by Crippen LogP contribution is 2.22. The highest BCUT2D eigenvalue weighted by molar-refractivity contribution is 14.0. The van der Waals surface area contributed by atoms with E-state index in [0.29, 0.717) is 29.2 Å². The van der Waals surface area contributed by atoms with Gasteiger partial charge in [-0.15, -0.1) is 24.0 Å². The van der Waals surface area contributed by atoms with E-state index in [1.54, 1.807) is 24.3 Å². The van der Waals surface area contributed by atoms with Crippen LogP contribution in [0.5, 0.6) is 5.75 Å². The summed E-state index contributed by atoms with van der Waals surface area (Å²) >= 11 is 5.91. The lowest BCUT2D eigenvalue weighted by atomic mass is 10.1. The molecule has 0 spiro atoms. The lowest BCUT2D eigenvalue weighted by Crippen LogP contribution is -2.38. The molecule has 166 valence electrons. The summed E-state index contributed by atoms with van der Waals surface area (Å²) in [5.41, 5.74) is 1.57. The number of hydrogen-bond acceptors (Lipinski definition) is 5. The highest BCUT2D eigenvalue weighted by atomic mass is 127. The first-order valence-electron chi connectivity index (χ1n) is 9.47. The molecule has 7 nitrogen and oxygen atoms in total. The SMILES string of the molecule is CCNC(=NCc1nc(-c2ccc(Cl)cc2)no1)NC(C)c1ccc(OC)c(F)c1.I. The van der Waals surface area contributed by atoms with Crippen molar-refractivity contribution in [3.8, 4) is 17.1 Å². The van der Waals surface area contributed by atoms with Crippen LogP contribution in [-0.2, 0) is 6.54 Å². The van der Waals surface area contributed by atoms with E-state index in [9.17, 15) is 4.39 Å². The summed E-state index contributed by atoms with van der Waals surface area (Å²) < 4.78 is 24.3. The van der Waals surface area contributed by atoms with Gasteiger partial charge < -0.3 is 19.9 Å². The molecule has 0 radical (unpaired) electrons. The summed E-state index contributed by atoms with van der Waals surface area (Å²) in [7, 11) is 1.44. The molecule has 3 aromatic rings. The fourth-order valence-corrected chi connectivity index (χ4v) is 2.87. The number of hydrogen-bond donors (Lipinski definition) is 2. The van der Waals surface area contributed by atoms with Crippen molar-refractivity contribution in [2.75, 3.05) is 13.7 Å². The van der Waals surface area contributed by atoms with Crippen molar-refractivity contribution < 1.29 is 13.7 Å². The van der Waals surface area contributed by atoms with Crippen molar-refractivity contribution >= 4 is 41.5 Å². The third kappa shape index (κ3) is 6.79. The van der Waals surface area contributed by atoms with Crippen LogP contribution < -0.4 is 15.4 Å². The molecule has 1 atom stereocenters. The molecule has 2 N–H and O–H groups in total. The van der Waals surface area contributed by atoms with Crippen LogP contribution in [0.4, 0.5) is 4.39 Å². The zero-order valence-corrected chi connectivity index (χ0v) is 20.4. The topological polar surface area (TPSA) is 84.6 Å². The molecule has 0 saturated carbocycles. The maximum atomic E-state index is 14.0. The van der Waals surface area contributed by atoms with E-state index in [0.717, 1.165) is 11.1 Å². The number of methoxy groups -OCH3 is 1. The third-order valence-electron chi connectivity index (χ3n) is 4.32. The monoisotopic (exact) mass is 559 g/mol. The molecule has 2 aromatic carbocycles. The van der Waals surface area contributed by atoms with Crippen molar-refractivity contribution in [3.63, 3.8) is 0 Å². The van der Waals surface area contributed by atoms with E-state index in [4.69, 9.17) is 20.9 Å². The van der Waals surface area contributed by atoms with Gasteiger partial charge in [0.1, 0.15) is 6.54 Å². The number of halogens is 3. The molecule has 0 amide bonds. The number of guanidine groups is 1. The summed E-state index contributed by atoms with van der Waals surface area (Å²) in [6, 6.07) is 11.8. The summed E-state index contributed by atoms with van der Waals surface area (Å²) in [4.78, 5) is 8.85. The third-order valence-corrected chi connectivity index (χ3v) is 4.57.